The third-order valence-corrected chi connectivity index (χ3v) is 8.80. The standard InChI is InChI=1S/C29H23Cl2N3O4S2/c1-2-13-38-21-10-6-9-18(14-21)24-23(25(35)17-7-4-3-5-8-17)26(36)27(37)34(24)28-32-33-29(40-28)39-16-19-11-12-20(30)15-22(19)31/h3-12,14-15,24,35H,2,13,16H2,1H3. The number of amides is 1. The van der Waals surface area contributed by atoms with Gasteiger partial charge >= 0.3 is 5.91 Å². The Morgan fingerprint density at radius 2 is 1.85 bits per heavy atom. The maximum Gasteiger partial charge on any atom is 0.301 e. The molecule has 7 nitrogen and oxygen atoms in total. The molecule has 1 aliphatic rings. The fourth-order valence-corrected chi connectivity index (χ4v) is 6.65. The SMILES string of the molecule is CCCOc1cccc(C2C(=C(O)c3ccccc3)C(=O)C(=O)N2c2nnc(SCc3ccc(Cl)cc3Cl)s2)c1. The summed E-state index contributed by atoms with van der Waals surface area (Å²) in [6.07, 6.45) is 0.823. The predicted molar refractivity (Wildman–Crippen MR) is 159 cm³/mol. The number of benzene rings is 3. The van der Waals surface area contributed by atoms with Gasteiger partial charge in [0.1, 0.15) is 11.5 Å². The van der Waals surface area contributed by atoms with Gasteiger partial charge in [0.25, 0.3) is 5.78 Å². The Labute approximate surface area is 249 Å². The highest BCUT2D eigenvalue weighted by Crippen LogP contribution is 2.44. The van der Waals surface area contributed by atoms with Crippen molar-refractivity contribution in [2.24, 2.45) is 0 Å². The number of rotatable bonds is 9. The van der Waals surface area contributed by atoms with Crippen molar-refractivity contribution in [1.82, 2.24) is 10.2 Å². The van der Waals surface area contributed by atoms with E-state index in [4.69, 9.17) is 27.9 Å². The Morgan fingerprint density at radius 3 is 2.60 bits per heavy atom. The van der Waals surface area contributed by atoms with Crippen LogP contribution in [0.2, 0.25) is 10.0 Å². The summed E-state index contributed by atoms with van der Waals surface area (Å²) in [6, 6.07) is 20.2. The van der Waals surface area contributed by atoms with Crippen molar-refractivity contribution in [2.45, 2.75) is 29.5 Å². The highest BCUT2D eigenvalue weighted by molar-refractivity contribution is 8.00. The molecule has 0 saturated carbocycles. The van der Waals surface area contributed by atoms with Crippen molar-refractivity contribution in [3.05, 3.63) is 105 Å². The monoisotopic (exact) mass is 611 g/mol. The van der Waals surface area contributed by atoms with Gasteiger partial charge in [0.2, 0.25) is 5.13 Å². The van der Waals surface area contributed by atoms with Crippen molar-refractivity contribution in [3.8, 4) is 5.75 Å². The highest BCUT2D eigenvalue weighted by atomic mass is 35.5. The summed E-state index contributed by atoms with van der Waals surface area (Å²) in [4.78, 5) is 28.2. The molecule has 1 amide bonds. The summed E-state index contributed by atoms with van der Waals surface area (Å²) in [7, 11) is 0. The zero-order chi connectivity index (χ0) is 28.2. The molecule has 1 saturated heterocycles. The van der Waals surface area contributed by atoms with Crippen molar-refractivity contribution < 1.29 is 19.4 Å². The summed E-state index contributed by atoms with van der Waals surface area (Å²) in [5.74, 6) is -0.752. The summed E-state index contributed by atoms with van der Waals surface area (Å²) in [5.41, 5.74) is 1.88. The van der Waals surface area contributed by atoms with Crippen LogP contribution in [-0.2, 0) is 15.3 Å². The van der Waals surface area contributed by atoms with E-state index in [9.17, 15) is 14.7 Å². The van der Waals surface area contributed by atoms with E-state index in [-0.39, 0.29) is 16.5 Å². The molecule has 1 aromatic heterocycles. The molecule has 3 aromatic carbocycles. The van der Waals surface area contributed by atoms with Gasteiger partial charge in [0.15, 0.2) is 4.34 Å². The van der Waals surface area contributed by atoms with Gasteiger partial charge in [-0.1, -0.05) is 102 Å². The molecule has 0 bridgehead atoms. The van der Waals surface area contributed by atoms with E-state index in [1.165, 1.54) is 28.0 Å². The van der Waals surface area contributed by atoms with E-state index in [2.05, 4.69) is 10.2 Å². The molecule has 1 atom stereocenters. The van der Waals surface area contributed by atoms with Crippen LogP contribution in [0.3, 0.4) is 0 Å². The molecule has 0 aliphatic carbocycles. The van der Waals surface area contributed by atoms with E-state index in [1.807, 2.05) is 19.1 Å². The number of hydrogen-bond acceptors (Lipinski definition) is 8. The first-order valence-electron chi connectivity index (χ1n) is 12.4. The number of aliphatic hydroxyl groups is 1. The van der Waals surface area contributed by atoms with Crippen LogP contribution in [0.25, 0.3) is 5.76 Å². The molecule has 1 aliphatic heterocycles. The summed E-state index contributed by atoms with van der Waals surface area (Å²) in [6.45, 7) is 2.52. The largest absolute Gasteiger partial charge is 0.507 e. The first-order chi connectivity index (χ1) is 19.4. The fourth-order valence-electron chi connectivity index (χ4n) is 4.23. The second-order valence-corrected chi connectivity index (χ2v) is 11.9. The number of anilines is 1. The van der Waals surface area contributed by atoms with E-state index >= 15 is 0 Å². The first-order valence-corrected chi connectivity index (χ1v) is 14.9. The number of Topliss-reactive ketones (excluding diaryl/α,β-unsaturated/α-hetero) is 1. The number of ketones is 1. The van der Waals surface area contributed by atoms with E-state index in [0.29, 0.717) is 43.6 Å². The second-order valence-electron chi connectivity index (χ2n) is 8.83. The van der Waals surface area contributed by atoms with Crippen LogP contribution in [0.1, 0.15) is 36.1 Å². The van der Waals surface area contributed by atoms with Gasteiger partial charge in [-0.3, -0.25) is 14.5 Å². The molecule has 11 heteroatoms. The lowest BCUT2D eigenvalue weighted by Crippen LogP contribution is -2.29. The molecule has 204 valence electrons. The van der Waals surface area contributed by atoms with Gasteiger partial charge < -0.3 is 9.84 Å². The van der Waals surface area contributed by atoms with Crippen molar-refractivity contribution in [3.63, 3.8) is 0 Å². The minimum atomic E-state index is -0.929. The third kappa shape index (κ3) is 5.88. The van der Waals surface area contributed by atoms with Gasteiger partial charge in [-0.05, 0) is 41.8 Å². The number of nitrogens with zero attached hydrogens (tertiary/aromatic N) is 3. The minimum Gasteiger partial charge on any atom is -0.507 e. The maximum atomic E-state index is 13.5. The number of aromatic nitrogens is 2. The number of aliphatic hydroxyl groups excluding tert-OH is 1. The van der Waals surface area contributed by atoms with E-state index < -0.39 is 17.7 Å². The van der Waals surface area contributed by atoms with Gasteiger partial charge in [-0.25, -0.2) is 0 Å². The Hall–Kier alpha value is -3.37. The predicted octanol–water partition coefficient (Wildman–Crippen LogP) is 7.55. The molecular formula is C29H23Cl2N3O4S2. The molecule has 1 fully saturated rings. The van der Waals surface area contributed by atoms with Crippen LogP contribution in [-0.4, -0.2) is 33.6 Å². The number of thioether (sulfide) groups is 1. The second kappa shape index (κ2) is 12.4. The number of carbonyl (C=O) groups is 2. The van der Waals surface area contributed by atoms with Crippen LogP contribution >= 0.6 is 46.3 Å². The van der Waals surface area contributed by atoms with Crippen LogP contribution < -0.4 is 9.64 Å². The third-order valence-electron chi connectivity index (χ3n) is 6.11. The van der Waals surface area contributed by atoms with Crippen LogP contribution in [0.15, 0.2) is 82.7 Å². The van der Waals surface area contributed by atoms with E-state index in [0.717, 1.165) is 12.0 Å². The first kappa shape index (κ1) is 28.2. The Balaban J connectivity index is 1.53. The maximum absolute atomic E-state index is 13.5. The molecule has 1 unspecified atom stereocenters. The molecule has 1 N–H and O–H groups in total. The number of hydrogen-bond donors (Lipinski definition) is 1. The Bertz CT molecular complexity index is 1590. The van der Waals surface area contributed by atoms with Crippen molar-refractivity contribution in [2.75, 3.05) is 11.5 Å². The van der Waals surface area contributed by atoms with Gasteiger partial charge in [0.05, 0.1) is 18.2 Å². The summed E-state index contributed by atoms with van der Waals surface area (Å²) >= 11 is 14.9. The summed E-state index contributed by atoms with van der Waals surface area (Å²) < 4.78 is 6.40. The van der Waals surface area contributed by atoms with Gasteiger partial charge in [-0.15, -0.1) is 10.2 Å². The molecule has 5 rings (SSSR count). The molecular weight excluding hydrogens is 589 g/mol. The normalized spacial score (nSPS) is 16.5. The smallest absolute Gasteiger partial charge is 0.301 e. The Morgan fingerprint density at radius 1 is 1.05 bits per heavy atom. The van der Waals surface area contributed by atoms with Crippen molar-refractivity contribution in [1.29, 1.82) is 0 Å². The number of halogens is 2. The van der Waals surface area contributed by atoms with Gasteiger partial charge in [0, 0.05) is 21.4 Å². The lowest BCUT2D eigenvalue weighted by molar-refractivity contribution is -0.132. The summed E-state index contributed by atoms with van der Waals surface area (Å²) in [5, 5.41) is 21.1. The van der Waals surface area contributed by atoms with E-state index in [1.54, 1.807) is 60.7 Å². The average Bonchev–Trinajstić information content (AvgIpc) is 3.53. The quantitative estimate of drug-likeness (QED) is 0.0686. The average molecular weight is 613 g/mol. The Kier molecular flexibility index (Phi) is 8.75. The number of ether oxygens (including phenoxy) is 1. The van der Waals surface area contributed by atoms with Gasteiger partial charge in [-0.2, -0.15) is 0 Å². The highest BCUT2D eigenvalue weighted by Gasteiger charge is 2.48. The fraction of sp³-hybridized carbons (Fsp3) is 0.172. The molecule has 40 heavy (non-hydrogen) atoms. The van der Waals surface area contributed by atoms with Crippen molar-refractivity contribution >= 4 is 68.9 Å². The zero-order valence-corrected chi connectivity index (χ0v) is 24.4. The van der Waals surface area contributed by atoms with Crippen LogP contribution in [0, 0.1) is 0 Å². The molecule has 0 radical (unpaired) electrons. The van der Waals surface area contributed by atoms with Crippen LogP contribution in [0.5, 0.6) is 5.75 Å². The molecule has 0 spiro atoms. The minimum absolute atomic E-state index is 0.0267. The lowest BCUT2D eigenvalue weighted by Gasteiger charge is -2.23. The zero-order valence-electron chi connectivity index (χ0n) is 21.2. The molecule has 4 aromatic rings. The number of carbonyl (C=O) groups excluding carboxylic acids is 2. The molecule has 2 heterocycles. The lowest BCUT2D eigenvalue weighted by atomic mass is 9.95. The topological polar surface area (TPSA) is 92.6 Å². The van der Waals surface area contributed by atoms with Crippen LogP contribution in [0.4, 0.5) is 5.13 Å².